The minimum atomic E-state index is -1.81. The van der Waals surface area contributed by atoms with E-state index in [4.69, 9.17) is 19.3 Å². The van der Waals surface area contributed by atoms with Gasteiger partial charge in [0.05, 0.1) is 32.0 Å². The number of nitrogens with one attached hydrogen (secondary N) is 1. The summed E-state index contributed by atoms with van der Waals surface area (Å²) in [6.07, 6.45) is -5.41. The zero-order chi connectivity index (χ0) is 33.4. The van der Waals surface area contributed by atoms with Crippen LogP contribution in [0.1, 0.15) is 57.5 Å². The highest BCUT2D eigenvalue weighted by atomic mass is 16.6. The maximum absolute atomic E-state index is 12.9. The van der Waals surface area contributed by atoms with Gasteiger partial charge in [0.25, 0.3) is 5.91 Å². The third-order valence-electron chi connectivity index (χ3n) is 8.08. The van der Waals surface area contributed by atoms with Crippen molar-refractivity contribution in [2.75, 3.05) is 53.0 Å². The summed E-state index contributed by atoms with van der Waals surface area (Å²) in [5, 5.41) is 50.4. The van der Waals surface area contributed by atoms with Crippen LogP contribution in [-0.2, 0) is 11.3 Å². The normalized spacial score (nSPS) is 17.8. The van der Waals surface area contributed by atoms with Gasteiger partial charge >= 0.3 is 12.1 Å². The van der Waals surface area contributed by atoms with E-state index in [1.54, 1.807) is 11.0 Å². The number of hydrogen-bond donors (Lipinski definition) is 6. The molecule has 4 atom stereocenters. The van der Waals surface area contributed by atoms with E-state index in [9.17, 15) is 34.8 Å². The highest BCUT2D eigenvalue weighted by Gasteiger charge is 2.32. The molecule has 6 N–H and O–H groups in total. The topological polar surface area (TPSA) is 199 Å². The molecule has 0 radical (unpaired) electrons. The fourth-order valence-electron chi connectivity index (χ4n) is 5.25. The molecule has 1 saturated heterocycles. The van der Waals surface area contributed by atoms with Crippen LogP contribution in [-0.4, -0.2) is 131 Å². The number of carbonyl (C=O) groups excluding carboxylic acids is 3. The molecule has 2 aliphatic rings. The molecule has 2 aromatic rings. The number of esters is 1. The second kappa shape index (κ2) is 16.2. The third kappa shape index (κ3) is 8.93. The van der Waals surface area contributed by atoms with Crippen LogP contribution in [0.4, 0.5) is 4.79 Å². The molecular weight excluding hydrogens is 602 g/mol. The van der Waals surface area contributed by atoms with E-state index < -0.39 is 49.6 Å². The van der Waals surface area contributed by atoms with E-state index in [1.165, 1.54) is 31.4 Å². The molecule has 1 aliphatic carbocycles. The lowest BCUT2D eigenvalue weighted by Gasteiger charge is -2.34. The molecule has 14 nitrogen and oxygen atoms in total. The van der Waals surface area contributed by atoms with Gasteiger partial charge in [-0.25, -0.2) is 9.59 Å². The van der Waals surface area contributed by atoms with Crippen molar-refractivity contribution in [3.63, 3.8) is 0 Å². The van der Waals surface area contributed by atoms with Gasteiger partial charge in [-0.1, -0.05) is 6.07 Å². The lowest BCUT2D eigenvalue weighted by Crippen LogP contribution is -2.49. The minimum absolute atomic E-state index is 0.127. The number of hydrogen-bond acceptors (Lipinski definition) is 12. The molecular formula is C32H43N3O11. The summed E-state index contributed by atoms with van der Waals surface area (Å²) in [6.45, 7) is 3.65. The number of rotatable bonds is 14. The number of aliphatic hydroxyl groups excluding tert-OH is 5. The quantitative estimate of drug-likeness (QED) is 0.153. The molecule has 252 valence electrons. The molecule has 2 aromatic carbocycles. The zero-order valence-electron chi connectivity index (χ0n) is 26.0. The van der Waals surface area contributed by atoms with Crippen LogP contribution in [0.15, 0.2) is 36.4 Å². The summed E-state index contributed by atoms with van der Waals surface area (Å²) in [7, 11) is 1.37. The van der Waals surface area contributed by atoms with Gasteiger partial charge in [-0.2, -0.15) is 0 Å². The van der Waals surface area contributed by atoms with E-state index in [2.05, 4.69) is 10.2 Å². The summed E-state index contributed by atoms with van der Waals surface area (Å²) in [5.41, 5.74) is 2.62. The average molecular weight is 646 g/mol. The highest BCUT2D eigenvalue weighted by Crippen LogP contribution is 2.44. The molecule has 4 rings (SSSR count). The van der Waals surface area contributed by atoms with Gasteiger partial charge in [0.15, 0.2) is 0 Å². The molecule has 2 fully saturated rings. The smallest absolute Gasteiger partial charge is 0.415 e. The Balaban J connectivity index is 1.30. The van der Waals surface area contributed by atoms with Crippen molar-refractivity contribution in [3.8, 4) is 11.5 Å². The van der Waals surface area contributed by atoms with Gasteiger partial charge in [-0.05, 0) is 61.6 Å². The second-order valence-corrected chi connectivity index (χ2v) is 11.4. The minimum Gasteiger partial charge on any atom is -0.494 e. The first kappa shape index (κ1) is 35.1. The van der Waals surface area contributed by atoms with Crippen molar-refractivity contribution >= 4 is 18.0 Å². The molecule has 1 saturated carbocycles. The predicted octanol–water partition coefficient (Wildman–Crippen LogP) is 0.232. The lowest BCUT2D eigenvalue weighted by atomic mass is 9.98. The fraction of sp³-hybridized carbons (Fsp3) is 0.531. The van der Waals surface area contributed by atoms with Crippen LogP contribution in [0, 0.1) is 0 Å². The van der Waals surface area contributed by atoms with Crippen molar-refractivity contribution in [3.05, 3.63) is 58.7 Å². The van der Waals surface area contributed by atoms with Crippen molar-refractivity contribution in [2.24, 2.45) is 0 Å². The number of carbonyl (C=O) groups is 3. The molecule has 0 aromatic heterocycles. The Hall–Kier alpha value is -3.79. The summed E-state index contributed by atoms with van der Waals surface area (Å²) < 4.78 is 16.4. The second-order valence-electron chi connectivity index (χ2n) is 11.4. The maximum Gasteiger partial charge on any atom is 0.415 e. The van der Waals surface area contributed by atoms with Gasteiger partial charge in [0.1, 0.15) is 29.8 Å². The first-order valence-electron chi connectivity index (χ1n) is 15.3. The van der Waals surface area contributed by atoms with Crippen molar-refractivity contribution in [1.82, 2.24) is 15.1 Å². The van der Waals surface area contributed by atoms with Crippen LogP contribution in [0.3, 0.4) is 0 Å². The molecule has 0 bridgehead atoms. The van der Waals surface area contributed by atoms with Gasteiger partial charge in [-0.3, -0.25) is 9.69 Å². The molecule has 1 heterocycles. The van der Waals surface area contributed by atoms with Crippen molar-refractivity contribution in [2.45, 2.75) is 56.6 Å². The van der Waals surface area contributed by atoms with E-state index >= 15 is 0 Å². The Bertz CT molecular complexity index is 1360. The maximum atomic E-state index is 12.9. The highest BCUT2D eigenvalue weighted by molar-refractivity contribution is 5.94. The Morgan fingerprint density at radius 1 is 0.978 bits per heavy atom. The van der Waals surface area contributed by atoms with Gasteiger partial charge in [0.2, 0.25) is 0 Å². The Morgan fingerprint density at radius 2 is 1.67 bits per heavy atom. The van der Waals surface area contributed by atoms with E-state index in [0.29, 0.717) is 56.6 Å². The summed E-state index contributed by atoms with van der Waals surface area (Å²) >= 11 is 0. The van der Waals surface area contributed by atoms with Crippen LogP contribution >= 0.6 is 0 Å². The molecule has 46 heavy (non-hydrogen) atoms. The molecule has 14 heteroatoms. The first-order chi connectivity index (χ1) is 22.1. The Labute approximate surface area is 267 Å². The molecule has 2 amide bonds. The molecule has 0 unspecified atom stereocenters. The standard InChI is InChI=1S/C32H43N3O11/c1-3-45-27-15-24(31(42)44-2)23(19-7-8-19)14-21(27)17-34-9-11-35(12-10-34)32(43)46-22-6-4-5-20(13-22)30(41)33-16-25(37)28(39)29(40)26(38)18-36/h4-6,13-15,19,25-26,28-29,36-40H,3,7-12,16-18H2,1-2H3,(H,33,41)/t25-,26+,28+,29+/m0/s1. The Kier molecular flexibility index (Phi) is 12.3. The first-order valence-corrected chi connectivity index (χ1v) is 15.3. The Morgan fingerprint density at radius 3 is 2.30 bits per heavy atom. The van der Waals surface area contributed by atoms with E-state index in [1.807, 2.05) is 13.0 Å². The summed E-state index contributed by atoms with van der Waals surface area (Å²) in [5.74, 6) is 0.110. The third-order valence-corrected chi connectivity index (χ3v) is 8.08. The number of methoxy groups -OCH3 is 1. The average Bonchev–Trinajstić information content (AvgIpc) is 3.92. The SMILES string of the molecule is CCOc1cc(C(=O)OC)c(C2CC2)cc1CN1CCN(C(=O)Oc2cccc(C(=O)NC[C@H](O)[C@@H](O)[C@H](O)[C@H](O)CO)c2)CC1. The monoisotopic (exact) mass is 645 g/mol. The fourth-order valence-corrected chi connectivity index (χ4v) is 5.25. The lowest BCUT2D eigenvalue weighted by molar-refractivity contribution is -0.113. The molecule has 0 spiro atoms. The number of aliphatic hydroxyl groups is 5. The zero-order valence-corrected chi connectivity index (χ0v) is 26.0. The van der Waals surface area contributed by atoms with Crippen molar-refractivity contribution in [1.29, 1.82) is 0 Å². The van der Waals surface area contributed by atoms with Crippen LogP contribution < -0.4 is 14.8 Å². The predicted molar refractivity (Wildman–Crippen MR) is 164 cm³/mol. The van der Waals surface area contributed by atoms with Gasteiger partial charge in [0, 0.05) is 50.4 Å². The summed E-state index contributed by atoms with van der Waals surface area (Å²) in [4.78, 5) is 41.8. The summed E-state index contributed by atoms with van der Waals surface area (Å²) in [6, 6.07) is 9.72. The number of piperazine rings is 1. The van der Waals surface area contributed by atoms with Crippen LogP contribution in [0.2, 0.25) is 0 Å². The van der Waals surface area contributed by atoms with Crippen LogP contribution in [0.5, 0.6) is 11.5 Å². The van der Waals surface area contributed by atoms with Gasteiger partial charge < -0.3 is 50.0 Å². The molecule has 1 aliphatic heterocycles. The number of nitrogens with zero attached hydrogens (tertiary/aromatic N) is 2. The number of benzene rings is 2. The van der Waals surface area contributed by atoms with Crippen LogP contribution in [0.25, 0.3) is 0 Å². The van der Waals surface area contributed by atoms with Crippen molar-refractivity contribution < 1.29 is 54.1 Å². The van der Waals surface area contributed by atoms with E-state index in [-0.39, 0.29) is 17.3 Å². The number of ether oxygens (including phenoxy) is 3. The number of amides is 2. The van der Waals surface area contributed by atoms with Gasteiger partial charge in [-0.15, -0.1) is 0 Å². The largest absolute Gasteiger partial charge is 0.494 e. The van der Waals surface area contributed by atoms with E-state index in [0.717, 1.165) is 24.0 Å².